The molecule has 0 saturated heterocycles. The molecule has 0 fully saturated rings. The van der Waals surface area contributed by atoms with Gasteiger partial charge < -0.3 is 14.9 Å². The number of rotatable bonds is 12. The van der Waals surface area contributed by atoms with Gasteiger partial charge in [-0.2, -0.15) is 0 Å². The van der Waals surface area contributed by atoms with Crippen LogP contribution in [0, 0.1) is 0 Å². The van der Waals surface area contributed by atoms with Crippen LogP contribution in [0.1, 0.15) is 174 Å². The maximum atomic E-state index is 12.9. The molecule has 2 rings (SSSR count). The molecule has 0 aliphatic heterocycles. The minimum absolute atomic E-state index is 0.165. The van der Waals surface area contributed by atoms with E-state index in [9.17, 15) is 15.0 Å². The quantitative estimate of drug-likeness (QED) is 0.186. The topological polar surface area (TPSA) is 66.8 Å². The molecule has 0 heterocycles. The number of phenols is 2. The first kappa shape index (κ1) is 37.7. The Morgan fingerprint density at radius 3 is 1.61 bits per heavy atom. The third-order valence-corrected chi connectivity index (χ3v) is 8.58. The molecule has 44 heavy (non-hydrogen) atoms. The lowest BCUT2D eigenvalue weighted by Gasteiger charge is -2.32. The van der Waals surface area contributed by atoms with E-state index in [0.29, 0.717) is 37.4 Å². The van der Waals surface area contributed by atoms with Gasteiger partial charge in [-0.15, -0.1) is 0 Å². The average Bonchev–Trinajstić information content (AvgIpc) is 2.85. The monoisotopic (exact) mass is 608 g/mol. The molecule has 0 aromatic heterocycles. The molecule has 0 amide bonds. The molecule has 2 aromatic rings. The number of aryl methyl sites for hydroxylation is 1. The first-order valence-corrected chi connectivity index (χ1v) is 17.0. The summed E-state index contributed by atoms with van der Waals surface area (Å²) in [7, 11) is 0. The summed E-state index contributed by atoms with van der Waals surface area (Å²) in [6.07, 6.45) is 8.39. The van der Waals surface area contributed by atoms with Crippen molar-refractivity contribution in [3.63, 3.8) is 0 Å². The van der Waals surface area contributed by atoms with E-state index in [0.717, 1.165) is 51.8 Å². The van der Waals surface area contributed by atoms with E-state index in [1.165, 1.54) is 25.7 Å². The normalized spacial score (nSPS) is 12.9. The van der Waals surface area contributed by atoms with Crippen LogP contribution < -0.4 is 0 Å². The molecule has 0 saturated carbocycles. The number of ether oxygens (including phenoxy) is 1. The molecular formula is C40H64O4. The Labute approximate surface area is 270 Å². The molecule has 0 aliphatic rings. The van der Waals surface area contributed by atoms with E-state index in [1.54, 1.807) is 0 Å². The van der Waals surface area contributed by atoms with Crippen LogP contribution in [0.3, 0.4) is 0 Å². The van der Waals surface area contributed by atoms with Crippen molar-refractivity contribution in [2.75, 3.05) is 6.61 Å². The van der Waals surface area contributed by atoms with Crippen molar-refractivity contribution >= 4 is 5.97 Å². The van der Waals surface area contributed by atoms with Crippen LogP contribution in [0.15, 0.2) is 18.2 Å². The summed E-state index contributed by atoms with van der Waals surface area (Å²) < 4.78 is 5.65. The van der Waals surface area contributed by atoms with Crippen molar-refractivity contribution in [1.82, 2.24) is 0 Å². The number of aromatic hydroxyl groups is 2. The van der Waals surface area contributed by atoms with Gasteiger partial charge in [-0.3, -0.25) is 4.79 Å². The van der Waals surface area contributed by atoms with Crippen molar-refractivity contribution in [2.45, 2.75) is 169 Å². The molecule has 248 valence electrons. The third kappa shape index (κ3) is 10.3. The van der Waals surface area contributed by atoms with Gasteiger partial charge in [0.15, 0.2) is 0 Å². The third-order valence-electron chi connectivity index (χ3n) is 8.58. The SMILES string of the molecule is CCCCCCCCOC(=O)CCc1cc(C(C)(C)C)c(O)c(C(C)(C)C)c1Cc1cc(C(C)(C)C)c(O)c(C(C)(C)C)c1. The summed E-state index contributed by atoms with van der Waals surface area (Å²) in [6, 6.07) is 6.38. The Balaban J connectivity index is 2.59. The summed E-state index contributed by atoms with van der Waals surface area (Å²) in [5.41, 5.74) is 5.84. The predicted octanol–water partition coefficient (Wildman–Crippen LogP) is 10.7. The Hall–Kier alpha value is -2.49. The first-order valence-electron chi connectivity index (χ1n) is 17.0. The zero-order valence-corrected chi connectivity index (χ0v) is 30.5. The van der Waals surface area contributed by atoms with Gasteiger partial charge in [-0.05, 0) is 74.3 Å². The Kier molecular flexibility index (Phi) is 12.6. The summed E-state index contributed by atoms with van der Waals surface area (Å²) >= 11 is 0. The lowest BCUT2D eigenvalue weighted by atomic mass is 9.73. The van der Waals surface area contributed by atoms with E-state index >= 15 is 0 Å². The Bertz CT molecular complexity index is 1220. The van der Waals surface area contributed by atoms with Crippen LogP contribution in [0.5, 0.6) is 11.5 Å². The largest absolute Gasteiger partial charge is 0.507 e. The highest BCUT2D eigenvalue weighted by atomic mass is 16.5. The van der Waals surface area contributed by atoms with Crippen molar-refractivity contribution < 1.29 is 19.7 Å². The van der Waals surface area contributed by atoms with Crippen molar-refractivity contribution in [3.05, 3.63) is 57.1 Å². The maximum absolute atomic E-state index is 12.9. The fourth-order valence-electron chi connectivity index (χ4n) is 6.09. The molecule has 0 radical (unpaired) electrons. The zero-order valence-electron chi connectivity index (χ0n) is 30.5. The molecule has 0 bridgehead atoms. The van der Waals surface area contributed by atoms with Gasteiger partial charge in [-0.25, -0.2) is 0 Å². The van der Waals surface area contributed by atoms with Gasteiger partial charge in [0.2, 0.25) is 0 Å². The van der Waals surface area contributed by atoms with Crippen molar-refractivity contribution in [3.8, 4) is 11.5 Å². The smallest absolute Gasteiger partial charge is 0.306 e. The van der Waals surface area contributed by atoms with E-state index in [2.05, 4.69) is 108 Å². The van der Waals surface area contributed by atoms with Crippen LogP contribution in [0.2, 0.25) is 0 Å². The summed E-state index contributed by atoms with van der Waals surface area (Å²) in [5, 5.41) is 23.2. The highest BCUT2D eigenvalue weighted by Crippen LogP contribution is 2.45. The first-order chi connectivity index (χ1) is 20.1. The van der Waals surface area contributed by atoms with Gasteiger partial charge in [0, 0.05) is 12.0 Å². The van der Waals surface area contributed by atoms with Gasteiger partial charge in [0.05, 0.1) is 6.61 Å². The number of benzene rings is 2. The molecule has 4 heteroatoms. The van der Waals surface area contributed by atoms with Crippen LogP contribution in [0.25, 0.3) is 0 Å². The number of carbonyl (C=O) groups excluding carboxylic acids is 1. The fourth-order valence-corrected chi connectivity index (χ4v) is 6.09. The standard InChI is InChI=1S/C40H64O4/c1-14-15-16-17-18-19-22-44-33(41)21-20-28-26-32(39(8,9)10)36(43)34(40(11,12)13)29(28)23-27-24-30(37(2,3)4)35(42)31(25-27)38(5,6)7/h24-26,42-43H,14-23H2,1-13H3. The lowest BCUT2D eigenvalue weighted by Crippen LogP contribution is -2.22. The van der Waals surface area contributed by atoms with Gasteiger partial charge in [0.1, 0.15) is 11.5 Å². The van der Waals surface area contributed by atoms with Gasteiger partial charge in [0.25, 0.3) is 0 Å². The molecule has 0 unspecified atom stereocenters. The number of phenolic OH excluding ortho intramolecular Hbond substituents is 2. The van der Waals surface area contributed by atoms with E-state index in [4.69, 9.17) is 4.74 Å². The molecular weight excluding hydrogens is 544 g/mol. The molecule has 0 aliphatic carbocycles. The predicted molar refractivity (Wildman–Crippen MR) is 186 cm³/mol. The van der Waals surface area contributed by atoms with Gasteiger partial charge >= 0.3 is 5.97 Å². The number of esters is 1. The second kappa shape index (κ2) is 14.7. The van der Waals surface area contributed by atoms with Gasteiger partial charge in [-0.1, -0.05) is 140 Å². The fraction of sp³-hybridized carbons (Fsp3) is 0.675. The summed E-state index contributed by atoms with van der Waals surface area (Å²) in [4.78, 5) is 12.9. The average molecular weight is 609 g/mol. The molecule has 2 N–H and O–H groups in total. The molecule has 0 atom stereocenters. The van der Waals surface area contributed by atoms with Crippen LogP contribution in [0.4, 0.5) is 0 Å². The van der Waals surface area contributed by atoms with E-state index in [-0.39, 0.29) is 27.6 Å². The van der Waals surface area contributed by atoms with Crippen LogP contribution in [-0.2, 0) is 44.0 Å². The number of hydrogen-bond acceptors (Lipinski definition) is 4. The minimum Gasteiger partial charge on any atom is -0.507 e. The maximum Gasteiger partial charge on any atom is 0.306 e. The van der Waals surface area contributed by atoms with Crippen LogP contribution in [-0.4, -0.2) is 22.8 Å². The number of carbonyl (C=O) groups is 1. The van der Waals surface area contributed by atoms with Crippen molar-refractivity contribution in [1.29, 1.82) is 0 Å². The Morgan fingerprint density at radius 1 is 0.659 bits per heavy atom. The second-order valence-electron chi connectivity index (χ2n) is 17.0. The minimum atomic E-state index is -0.329. The number of unbranched alkanes of at least 4 members (excludes halogenated alkanes) is 5. The van der Waals surface area contributed by atoms with E-state index < -0.39 is 0 Å². The van der Waals surface area contributed by atoms with Crippen molar-refractivity contribution in [2.24, 2.45) is 0 Å². The number of hydrogen-bond donors (Lipinski definition) is 2. The zero-order chi connectivity index (χ0) is 33.7. The molecule has 0 spiro atoms. The lowest BCUT2D eigenvalue weighted by molar-refractivity contribution is -0.143. The summed E-state index contributed by atoms with van der Waals surface area (Å²) in [6.45, 7) is 28.3. The summed E-state index contributed by atoms with van der Waals surface area (Å²) in [5.74, 6) is 0.547. The second-order valence-corrected chi connectivity index (χ2v) is 17.0. The van der Waals surface area contributed by atoms with E-state index in [1.807, 2.05) is 0 Å². The highest BCUT2D eigenvalue weighted by molar-refractivity contribution is 5.70. The molecule has 2 aromatic carbocycles. The van der Waals surface area contributed by atoms with Crippen LogP contribution >= 0.6 is 0 Å². The highest BCUT2D eigenvalue weighted by Gasteiger charge is 2.32. The Morgan fingerprint density at radius 2 is 1.14 bits per heavy atom. The molecule has 4 nitrogen and oxygen atoms in total.